The average Bonchev–Trinajstić information content (AvgIpc) is 3.11. The van der Waals surface area contributed by atoms with Gasteiger partial charge in [-0.1, -0.05) is 59.3 Å². The van der Waals surface area contributed by atoms with Crippen molar-refractivity contribution in [2.24, 2.45) is 5.92 Å². The first-order valence-electron chi connectivity index (χ1n) is 8.71. The normalized spacial score (nSPS) is 18.5. The highest BCUT2D eigenvalue weighted by molar-refractivity contribution is 9.10. The van der Waals surface area contributed by atoms with Crippen molar-refractivity contribution in [3.63, 3.8) is 0 Å². The molecule has 2 N–H and O–H groups in total. The molecule has 134 valence electrons. The summed E-state index contributed by atoms with van der Waals surface area (Å²) in [6.45, 7) is 2.11. The molecule has 6 heteroatoms. The van der Waals surface area contributed by atoms with E-state index in [4.69, 9.17) is 10.1 Å². The molecule has 0 radical (unpaired) electrons. The second-order valence-electron chi connectivity index (χ2n) is 6.47. The van der Waals surface area contributed by atoms with Crippen molar-refractivity contribution in [3.8, 4) is 23.2 Å². The average molecular weight is 421 g/mol. The van der Waals surface area contributed by atoms with E-state index in [9.17, 15) is 5.26 Å². The molecule has 0 aliphatic carbocycles. The summed E-state index contributed by atoms with van der Waals surface area (Å²) in [4.78, 5) is 0. The molecule has 2 heterocycles. The third-order valence-electron chi connectivity index (χ3n) is 4.92. The maximum Gasteiger partial charge on any atom is 0.244 e. The Bertz CT molecular complexity index is 1030. The number of nitrogens with zero attached hydrogens (tertiary/aromatic N) is 2. The number of nitrogens with one attached hydrogen (secondary N) is 2. The number of nitriles is 1. The van der Waals surface area contributed by atoms with Crippen LogP contribution in [0, 0.1) is 22.7 Å². The number of halogens is 1. The van der Waals surface area contributed by atoms with E-state index in [2.05, 4.69) is 51.3 Å². The summed E-state index contributed by atoms with van der Waals surface area (Å²) in [5, 5.41) is 25.2. The van der Waals surface area contributed by atoms with E-state index in [1.807, 2.05) is 36.4 Å². The molecule has 2 unspecified atom stereocenters. The molecule has 0 saturated carbocycles. The number of aromatic nitrogens is 2. The number of aromatic amines is 1. The topological polar surface area (TPSA) is 85.5 Å². The van der Waals surface area contributed by atoms with E-state index < -0.39 is 5.92 Å². The molecule has 1 aliphatic rings. The van der Waals surface area contributed by atoms with Gasteiger partial charge in [-0.15, -0.1) is 5.10 Å². The lowest BCUT2D eigenvalue weighted by molar-refractivity contribution is 0.437. The quantitative estimate of drug-likeness (QED) is 0.621. The lowest BCUT2D eigenvalue weighted by Gasteiger charge is -2.28. The van der Waals surface area contributed by atoms with Gasteiger partial charge in [-0.05, 0) is 29.7 Å². The first-order chi connectivity index (χ1) is 13.1. The van der Waals surface area contributed by atoms with E-state index >= 15 is 0 Å². The Balaban J connectivity index is 1.89. The molecule has 3 aromatic rings. The van der Waals surface area contributed by atoms with Gasteiger partial charge in [0, 0.05) is 16.0 Å². The molecule has 0 bridgehead atoms. The highest BCUT2D eigenvalue weighted by Crippen LogP contribution is 2.45. The van der Waals surface area contributed by atoms with Crippen LogP contribution in [-0.2, 0) is 6.42 Å². The third-order valence-corrected chi connectivity index (χ3v) is 5.45. The molecule has 0 saturated heterocycles. The Labute approximate surface area is 165 Å². The number of ether oxygens (including phenoxy) is 1. The molecular weight excluding hydrogens is 404 g/mol. The summed E-state index contributed by atoms with van der Waals surface area (Å²) in [5.74, 6) is -0.705. The lowest BCUT2D eigenvalue weighted by atomic mass is 9.78. The van der Waals surface area contributed by atoms with Gasteiger partial charge in [-0.3, -0.25) is 10.5 Å². The van der Waals surface area contributed by atoms with Crippen molar-refractivity contribution in [3.05, 3.63) is 69.7 Å². The molecule has 2 aromatic carbocycles. The second-order valence-corrected chi connectivity index (χ2v) is 7.39. The van der Waals surface area contributed by atoms with Crippen LogP contribution in [0.1, 0.15) is 29.5 Å². The molecule has 1 aliphatic heterocycles. The maximum absolute atomic E-state index is 9.75. The molecule has 2 atom stereocenters. The van der Waals surface area contributed by atoms with E-state index in [0.29, 0.717) is 5.88 Å². The summed E-state index contributed by atoms with van der Waals surface area (Å²) in [5.41, 5.74) is 4.80. The van der Waals surface area contributed by atoms with E-state index in [1.165, 1.54) is 5.56 Å². The zero-order valence-corrected chi connectivity index (χ0v) is 16.2. The van der Waals surface area contributed by atoms with Crippen molar-refractivity contribution in [2.45, 2.75) is 19.3 Å². The van der Waals surface area contributed by atoms with Gasteiger partial charge in [-0.25, -0.2) is 0 Å². The lowest BCUT2D eigenvalue weighted by Crippen LogP contribution is -2.30. The molecule has 0 amide bonds. The van der Waals surface area contributed by atoms with Gasteiger partial charge in [0.2, 0.25) is 11.8 Å². The highest BCUT2D eigenvalue weighted by Gasteiger charge is 2.40. The number of benzene rings is 2. The zero-order valence-electron chi connectivity index (χ0n) is 14.7. The number of H-pyrrole nitrogens is 1. The van der Waals surface area contributed by atoms with Crippen LogP contribution in [0.15, 0.2) is 53.0 Å². The van der Waals surface area contributed by atoms with Gasteiger partial charge >= 0.3 is 0 Å². The van der Waals surface area contributed by atoms with E-state index in [0.717, 1.165) is 33.3 Å². The smallest absolute Gasteiger partial charge is 0.244 e. The predicted molar refractivity (Wildman–Crippen MR) is 107 cm³/mol. The van der Waals surface area contributed by atoms with Crippen molar-refractivity contribution >= 4 is 21.8 Å². The van der Waals surface area contributed by atoms with Gasteiger partial charge < -0.3 is 4.74 Å². The van der Waals surface area contributed by atoms with Crippen LogP contribution in [0.4, 0.5) is 0 Å². The van der Waals surface area contributed by atoms with Crippen LogP contribution in [0.5, 0.6) is 5.88 Å². The SMILES string of the molecule is CCc1ccc(C2c3c(n[nH]c3-c3ccc(Br)cc3)OC(=N)C2C#N)cc1. The standard InChI is InChI=1S/C21H17BrN4O/c1-2-12-3-5-13(6-4-12)17-16(11-23)20(24)27-21-18(17)19(25-26-21)14-7-9-15(22)10-8-14/h3-10,16-17,24H,2H2,1H3,(H,25,26). The van der Waals surface area contributed by atoms with Crippen molar-refractivity contribution in [1.82, 2.24) is 10.2 Å². The van der Waals surface area contributed by atoms with Gasteiger partial charge in [-0.2, -0.15) is 5.26 Å². The monoisotopic (exact) mass is 420 g/mol. The van der Waals surface area contributed by atoms with Crippen LogP contribution < -0.4 is 4.74 Å². The fourth-order valence-electron chi connectivity index (χ4n) is 3.48. The number of hydrogen-bond acceptors (Lipinski definition) is 4. The first-order valence-corrected chi connectivity index (χ1v) is 9.50. The van der Waals surface area contributed by atoms with Crippen LogP contribution in [-0.4, -0.2) is 16.1 Å². The minimum absolute atomic E-state index is 0.0663. The number of rotatable bonds is 3. The largest absolute Gasteiger partial charge is 0.422 e. The van der Waals surface area contributed by atoms with Crippen LogP contribution in [0.2, 0.25) is 0 Å². The number of fused-ring (bicyclic) bond motifs is 1. The molecule has 1 aromatic heterocycles. The Kier molecular flexibility index (Phi) is 4.54. The molecule has 0 spiro atoms. The van der Waals surface area contributed by atoms with Gasteiger partial charge in [0.15, 0.2) is 0 Å². The third kappa shape index (κ3) is 3.04. The van der Waals surface area contributed by atoms with Gasteiger partial charge in [0.1, 0.15) is 5.92 Å². The van der Waals surface area contributed by atoms with Crippen molar-refractivity contribution in [2.75, 3.05) is 0 Å². The Morgan fingerprint density at radius 1 is 1.19 bits per heavy atom. The summed E-state index contributed by atoms with van der Waals surface area (Å²) >= 11 is 3.45. The summed E-state index contributed by atoms with van der Waals surface area (Å²) in [6, 6.07) is 18.3. The van der Waals surface area contributed by atoms with Crippen molar-refractivity contribution in [1.29, 1.82) is 10.7 Å². The van der Waals surface area contributed by atoms with E-state index in [1.54, 1.807) is 0 Å². The summed E-state index contributed by atoms with van der Waals surface area (Å²) < 4.78 is 6.55. The highest BCUT2D eigenvalue weighted by atomic mass is 79.9. The molecule has 5 nitrogen and oxygen atoms in total. The minimum Gasteiger partial charge on any atom is -0.422 e. The predicted octanol–water partition coefficient (Wildman–Crippen LogP) is 5.04. The number of hydrogen-bond donors (Lipinski definition) is 2. The summed E-state index contributed by atoms with van der Waals surface area (Å²) in [6.07, 6.45) is 0.951. The first kappa shape index (κ1) is 17.5. The molecule has 27 heavy (non-hydrogen) atoms. The van der Waals surface area contributed by atoms with Gasteiger partial charge in [0.25, 0.3) is 0 Å². The molecule has 0 fully saturated rings. The van der Waals surface area contributed by atoms with Crippen LogP contribution in [0.3, 0.4) is 0 Å². The van der Waals surface area contributed by atoms with Gasteiger partial charge in [0.05, 0.1) is 17.3 Å². The zero-order chi connectivity index (χ0) is 19.0. The van der Waals surface area contributed by atoms with Crippen molar-refractivity contribution < 1.29 is 4.74 Å². The fraction of sp³-hybridized carbons (Fsp3) is 0.190. The molecule has 4 rings (SSSR count). The Morgan fingerprint density at radius 2 is 1.89 bits per heavy atom. The van der Waals surface area contributed by atoms with E-state index in [-0.39, 0.29) is 11.8 Å². The Hall–Kier alpha value is -2.91. The summed E-state index contributed by atoms with van der Waals surface area (Å²) in [7, 11) is 0. The second kappa shape index (κ2) is 7.01. The Morgan fingerprint density at radius 3 is 2.52 bits per heavy atom. The molecular formula is C21H17BrN4O. The van der Waals surface area contributed by atoms with Crippen LogP contribution in [0.25, 0.3) is 11.3 Å². The maximum atomic E-state index is 9.75. The fourth-order valence-corrected chi connectivity index (χ4v) is 3.74. The number of aryl methyl sites for hydroxylation is 1. The van der Waals surface area contributed by atoms with Crippen LogP contribution >= 0.6 is 15.9 Å². The minimum atomic E-state index is -0.697.